The minimum absolute atomic E-state index is 0.121. The quantitative estimate of drug-likeness (QED) is 0.214. The zero-order chi connectivity index (χ0) is 26.4. The van der Waals surface area contributed by atoms with Crippen LogP contribution in [0.15, 0.2) is 54.6 Å². The number of rotatable bonds is 9. The van der Waals surface area contributed by atoms with Gasteiger partial charge in [-0.25, -0.2) is 18.0 Å². The van der Waals surface area contributed by atoms with Crippen molar-refractivity contribution in [2.45, 2.75) is 70.8 Å². The van der Waals surface area contributed by atoms with Crippen molar-refractivity contribution in [1.29, 1.82) is 0 Å². The number of hydrogen-bond donors (Lipinski definition) is 0. The molecule has 0 aromatic heterocycles. The van der Waals surface area contributed by atoms with E-state index in [2.05, 4.69) is 6.92 Å². The molecule has 3 aromatic rings. The van der Waals surface area contributed by atoms with Gasteiger partial charge in [0.2, 0.25) is 0 Å². The van der Waals surface area contributed by atoms with Gasteiger partial charge >= 0.3 is 5.97 Å². The van der Waals surface area contributed by atoms with Crippen LogP contribution in [-0.2, 0) is 4.74 Å². The van der Waals surface area contributed by atoms with Crippen LogP contribution in [0.25, 0.3) is 11.1 Å². The Morgan fingerprint density at radius 1 is 0.892 bits per heavy atom. The van der Waals surface area contributed by atoms with Crippen molar-refractivity contribution in [2.24, 2.45) is 0 Å². The maximum atomic E-state index is 15.0. The van der Waals surface area contributed by atoms with Gasteiger partial charge in [-0.15, -0.1) is 0 Å². The fourth-order valence-corrected chi connectivity index (χ4v) is 4.83. The molecule has 0 saturated heterocycles. The third kappa shape index (κ3) is 6.54. The van der Waals surface area contributed by atoms with Gasteiger partial charge in [-0.05, 0) is 74.3 Å². The smallest absolute Gasteiger partial charge is 0.338 e. The van der Waals surface area contributed by atoms with Crippen LogP contribution in [0.2, 0.25) is 0 Å². The molecular formula is C31H33F3O3. The number of esters is 1. The molecule has 37 heavy (non-hydrogen) atoms. The fourth-order valence-electron chi connectivity index (χ4n) is 4.83. The zero-order valence-corrected chi connectivity index (χ0v) is 21.4. The van der Waals surface area contributed by atoms with Crippen molar-refractivity contribution in [3.05, 3.63) is 88.7 Å². The minimum Gasteiger partial charge on any atom is -0.491 e. The van der Waals surface area contributed by atoms with E-state index in [1.165, 1.54) is 12.1 Å². The van der Waals surface area contributed by atoms with Gasteiger partial charge in [0.25, 0.3) is 0 Å². The van der Waals surface area contributed by atoms with Gasteiger partial charge < -0.3 is 9.47 Å². The molecule has 0 atom stereocenters. The zero-order valence-electron chi connectivity index (χ0n) is 21.4. The van der Waals surface area contributed by atoms with Crippen molar-refractivity contribution >= 4 is 5.97 Å². The summed E-state index contributed by atoms with van der Waals surface area (Å²) in [6.07, 6.45) is 4.73. The van der Waals surface area contributed by atoms with Crippen LogP contribution in [0.4, 0.5) is 13.2 Å². The van der Waals surface area contributed by atoms with Crippen molar-refractivity contribution in [1.82, 2.24) is 0 Å². The van der Waals surface area contributed by atoms with Crippen molar-refractivity contribution in [2.75, 3.05) is 6.61 Å². The Bertz CT molecular complexity index is 1220. The van der Waals surface area contributed by atoms with Gasteiger partial charge in [-0.3, -0.25) is 0 Å². The van der Waals surface area contributed by atoms with Gasteiger partial charge in [-0.2, -0.15) is 0 Å². The molecule has 1 fully saturated rings. The van der Waals surface area contributed by atoms with Gasteiger partial charge in [0, 0.05) is 5.56 Å². The number of unbranched alkanes of at least 4 members (excludes halogenated alkanes) is 2. The molecule has 0 aliphatic heterocycles. The highest BCUT2D eigenvalue weighted by atomic mass is 19.2. The molecule has 0 heterocycles. The molecule has 3 nitrogen and oxygen atoms in total. The Hall–Kier alpha value is -3.28. The lowest BCUT2D eigenvalue weighted by Crippen LogP contribution is -2.24. The lowest BCUT2D eigenvalue weighted by molar-refractivity contribution is 0.0193. The molecule has 1 aliphatic carbocycles. The van der Waals surface area contributed by atoms with Crippen LogP contribution in [0.5, 0.6) is 5.75 Å². The van der Waals surface area contributed by atoms with Crippen LogP contribution in [0.1, 0.15) is 79.3 Å². The maximum Gasteiger partial charge on any atom is 0.338 e. The average Bonchev–Trinajstić information content (AvgIpc) is 2.90. The van der Waals surface area contributed by atoms with E-state index in [1.807, 2.05) is 19.1 Å². The number of benzene rings is 3. The first-order valence-electron chi connectivity index (χ1n) is 13.1. The van der Waals surface area contributed by atoms with E-state index in [-0.39, 0.29) is 28.9 Å². The van der Waals surface area contributed by atoms with E-state index in [0.29, 0.717) is 43.4 Å². The Morgan fingerprint density at radius 2 is 1.62 bits per heavy atom. The molecule has 0 amide bonds. The van der Waals surface area contributed by atoms with Crippen molar-refractivity contribution in [3.8, 4) is 16.9 Å². The molecular weight excluding hydrogens is 477 g/mol. The summed E-state index contributed by atoms with van der Waals surface area (Å²) in [6.45, 7) is 4.45. The summed E-state index contributed by atoms with van der Waals surface area (Å²) in [5.74, 6) is -2.88. The normalized spacial score (nSPS) is 17.4. The Morgan fingerprint density at radius 3 is 2.30 bits per heavy atom. The highest BCUT2D eigenvalue weighted by molar-refractivity contribution is 5.89. The Balaban J connectivity index is 1.33. The maximum absolute atomic E-state index is 15.0. The summed E-state index contributed by atoms with van der Waals surface area (Å²) in [4.78, 5) is 12.6. The highest BCUT2D eigenvalue weighted by Crippen LogP contribution is 2.38. The molecule has 6 heteroatoms. The number of halogens is 3. The molecule has 0 spiro atoms. The molecule has 1 aliphatic rings. The van der Waals surface area contributed by atoms with Crippen LogP contribution in [0, 0.1) is 24.4 Å². The van der Waals surface area contributed by atoms with Gasteiger partial charge in [0.15, 0.2) is 23.2 Å². The second-order valence-corrected chi connectivity index (χ2v) is 9.78. The molecule has 0 radical (unpaired) electrons. The van der Waals surface area contributed by atoms with Gasteiger partial charge in [0.05, 0.1) is 12.2 Å². The predicted octanol–water partition coefficient (Wildman–Crippen LogP) is 8.53. The monoisotopic (exact) mass is 510 g/mol. The Labute approximate surface area is 216 Å². The number of carbonyl (C=O) groups is 1. The third-order valence-electron chi connectivity index (χ3n) is 7.04. The molecule has 0 bridgehead atoms. The predicted molar refractivity (Wildman–Crippen MR) is 138 cm³/mol. The fraction of sp³-hybridized carbons (Fsp3) is 0.387. The number of ether oxygens (including phenoxy) is 2. The summed E-state index contributed by atoms with van der Waals surface area (Å²) >= 11 is 0. The standard InChI is InChI=1S/C31H33F3O3/c1-3-4-5-18-36-28-17-12-23(19-27(28)32)31(35)37-24-13-10-22(11-14-24)26-16-15-25(29(33)30(26)34)21-8-6-20(2)7-9-21/h6-9,12,15-17,19,22,24H,3-5,10-11,13-14,18H2,1-2H3. The topological polar surface area (TPSA) is 35.5 Å². The number of carbonyl (C=O) groups excluding carboxylic acids is 1. The lowest BCUT2D eigenvalue weighted by Gasteiger charge is -2.29. The second kappa shape index (κ2) is 12.3. The molecule has 196 valence electrons. The molecule has 3 aromatic carbocycles. The first-order chi connectivity index (χ1) is 17.9. The van der Waals surface area contributed by atoms with E-state index < -0.39 is 23.4 Å². The SMILES string of the molecule is CCCCCOc1ccc(C(=O)OC2CCC(c3ccc(-c4ccc(C)cc4)c(F)c3F)CC2)cc1F. The van der Waals surface area contributed by atoms with Gasteiger partial charge in [0.1, 0.15) is 6.10 Å². The van der Waals surface area contributed by atoms with Gasteiger partial charge in [-0.1, -0.05) is 61.7 Å². The van der Waals surface area contributed by atoms with Crippen LogP contribution in [0.3, 0.4) is 0 Å². The first kappa shape index (κ1) is 26.8. The van der Waals surface area contributed by atoms with Crippen LogP contribution in [-0.4, -0.2) is 18.7 Å². The van der Waals surface area contributed by atoms with Crippen molar-refractivity contribution in [3.63, 3.8) is 0 Å². The first-order valence-corrected chi connectivity index (χ1v) is 13.1. The van der Waals surface area contributed by atoms with Crippen molar-refractivity contribution < 1.29 is 27.4 Å². The van der Waals surface area contributed by atoms with E-state index in [9.17, 15) is 13.6 Å². The molecule has 4 rings (SSSR count). The number of hydrogen-bond acceptors (Lipinski definition) is 3. The van der Waals surface area contributed by atoms with E-state index in [0.717, 1.165) is 30.9 Å². The molecule has 0 N–H and O–H groups in total. The second-order valence-electron chi connectivity index (χ2n) is 9.78. The summed E-state index contributed by atoms with van der Waals surface area (Å²) < 4.78 is 55.3. The van der Waals surface area contributed by atoms with Crippen LogP contribution < -0.4 is 4.74 Å². The lowest BCUT2D eigenvalue weighted by atomic mass is 9.82. The number of aryl methyl sites for hydroxylation is 1. The Kier molecular flexibility index (Phi) is 8.91. The largest absolute Gasteiger partial charge is 0.491 e. The molecule has 0 unspecified atom stereocenters. The molecule has 1 saturated carbocycles. The summed E-state index contributed by atoms with van der Waals surface area (Å²) in [6, 6.07) is 14.7. The average molecular weight is 511 g/mol. The van der Waals surface area contributed by atoms with E-state index >= 15 is 4.39 Å². The minimum atomic E-state index is -0.838. The van der Waals surface area contributed by atoms with E-state index in [1.54, 1.807) is 24.3 Å². The summed E-state index contributed by atoms with van der Waals surface area (Å²) in [7, 11) is 0. The van der Waals surface area contributed by atoms with Crippen LogP contribution >= 0.6 is 0 Å². The highest BCUT2D eigenvalue weighted by Gasteiger charge is 2.28. The summed E-state index contributed by atoms with van der Waals surface area (Å²) in [5.41, 5.74) is 2.41. The van der Waals surface area contributed by atoms with E-state index in [4.69, 9.17) is 9.47 Å². The summed E-state index contributed by atoms with van der Waals surface area (Å²) in [5, 5.41) is 0. The third-order valence-corrected chi connectivity index (χ3v) is 7.04.